The summed E-state index contributed by atoms with van der Waals surface area (Å²) < 4.78 is 2.61. The molecular formula is C11H13BrN4. The number of nitrogens with two attached hydrogens (primary N) is 1. The fourth-order valence-electron chi connectivity index (χ4n) is 1.44. The Labute approximate surface area is 103 Å². The van der Waals surface area contributed by atoms with E-state index in [1.54, 1.807) is 4.68 Å². The van der Waals surface area contributed by atoms with Crippen LogP contribution in [-0.2, 0) is 6.54 Å². The third-order valence-corrected chi connectivity index (χ3v) is 3.36. The lowest BCUT2D eigenvalue weighted by atomic mass is 10.3. The second-order valence-electron chi connectivity index (χ2n) is 3.77. The van der Waals surface area contributed by atoms with Gasteiger partial charge in [0.2, 0.25) is 0 Å². The summed E-state index contributed by atoms with van der Waals surface area (Å²) >= 11 is 3.40. The summed E-state index contributed by atoms with van der Waals surface area (Å²) in [4.78, 5) is 4.32. The number of pyridine rings is 1. The molecule has 0 aliphatic carbocycles. The Balaban J connectivity index is 2.27. The van der Waals surface area contributed by atoms with E-state index in [9.17, 15) is 0 Å². The van der Waals surface area contributed by atoms with E-state index in [0.717, 1.165) is 21.4 Å². The molecule has 0 aliphatic heterocycles. The molecule has 0 radical (unpaired) electrons. The normalized spacial score (nSPS) is 10.7. The zero-order valence-electron chi connectivity index (χ0n) is 9.24. The van der Waals surface area contributed by atoms with E-state index < -0.39 is 0 Å². The Hall–Kier alpha value is -1.36. The van der Waals surface area contributed by atoms with Crippen molar-refractivity contribution >= 4 is 21.7 Å². The third-order valence-electron chi connectivity index (χ3n) is 2.38. The maximum atomic E-state index is 5.91. The largest absolute Gasteiger partial charge is 0.383 e. The van der Waals surface area contributed by atoms with Gasteiger partial charge in [0.15, 0.2) is 0 Å². The van der Waals surface area contributed by atoms with Crippen molar-refractivity contribution < 1.29 is 0 Å². The van der Waals surface area contributed by atoms with Gasteiger partial charge in [-0.1, -0.05) is 6.07 Å². The maximum Gasteiger partial charge on any atom is 0.136 e. The molecule has 0 saturated heterocycles. The van der Waals surface area contributed by atoms with Crippen LogP contribution in [0.1, 0.15) is 17.0 Å². The van der Waals surface area contributed by atoms with Crippen LogP contribution in [0, 0.1) is 13.8 Å². The molecule has 5 heteroatoms. The highest BCUT2D eigenvalue weighted by atomic mass is 79.9. The average Bonchev–Trinajstić information content (AvgIpc) is 2.50. The van der Waals surface area contributed by atoms with Crippen molar-refractivity contribution in [2.75, 3.05) is 5.73 Å². The van der Waals surface area contributed by atoms with E-state index in [4.69, 9.17) is 5.73 Å². The van der Waals surface area contributed by atoms with E-state index >= 15 is 0 Å². The lowest BCUT2D eigenvalue weighted by molar-refractivity contribution is 0.675. The Bertz CT molecular complexity index is 501. The molecule has 0 aliphatic rings. The second-order valence-corrected chi connectivity index (χ2v) is 4.56. The molecule has 0 spiro atoms. The number of hydrogen-bond donors (Lipinski definition) is 1. The lowest BCUT2D eigenvalue weighted by Gasteiger charge is -2.03. The van der Waals surface area contributed by atoms with E-state index in [0.29, 0.717) is 12.4 Å². The van der Waals surface area contributed by atoms with Gasteiger partial charge in [0, 0.05) is 6.20 Å². The highest BCUT2D eigenvalue weighted by molar-refractivity contribution is 9.10. The molecule has 2 aromatic rings. The molecule has 0 fully saturated rings. The van der Waals surface area contributed by atoms with Gasteiger partial charge in [-0.3, -0.25) is 4.98 Å². The number of nitrogen functional groups attached to an aromatic ring is 1. The summed E-state index contributed by atoms with van der Waals surface area (Å²) in [5.41, 5.74) is 8.90. The van der Waals surface area contributed by atoms with Crippen molar-refractivity contribution in [3.8, 4) is 0 Å². The molecule has 2 heterocycles. The molecule has 0 unspecified atom stereocenters. The van der Waals surface area contributed by atoms with Crippen molar-refractivity contribution in [2.45, 2.75) is 20.4 Å². The van der Waals surface area contributed by atoms with Gasteiger partial charge < -0.3 is 5.73 Å². The predicted octanol–water partition coefficient (Wildman–Crippen LogP) is 2.29. The van der Waals surface area contributed by atoms with Crippen molar-refractivity contribution in [3.63, 3.8) is 0 Å². The van der Waals surface area contributed by atoms with Crippen molar-refractivity contribution in [2.24, 2.45) is 0 Å². The fraction of sp³-hybridized carbons (Fsp3) is 0.273. The number of nitrogens with zero attached hydrogens (tertiary/aromatic N) is 3. The first kappa shape index (κ1) is 11.1. The van der Waals surface area contributed by atoms with Gasteiger partial charge in [-0.05, 0) is 41.4 Å². The summed E-state index contributed by atoms with van der Waals surface area (Å²) in [5, 5.41) is 4.33. The number of halogens is 1. The highest BCUT2D eigenvalue weighted by Gasteiger charge is 2.09. The maximum absolute atomic E-state index is 5.91. The number of aromatic nitrogens is 3. The average molecular weight is 281 g/mol. The lowest BCUT2D eigenvalue weighted by Crippen LogP contribution is -2.07. The minimum absolute atomic E-state index is 0.596. The smallest absolute Gasteiger partial charge is 0.136 e. The minimum Gasteiger partial charge on any atom is -0.383 e. The summed E-state index contributed by atoms with van der Waals surface area (Å²) in [6.45, 7) is 4.53. The number of aryl methyl sites for hydroxylation is 2. The van der Waals surface area contributed by atoms with Crippen LogP contribution >= 0.6 is 15.9 Å². The van der Waals surface area contributed by atoms with Crippen LogP contribution in [0.3, 0.4) is 0 Å². The van der Waals surface area contributed by atoms with E-state index in [1.807, 2.05) is 32.2 Å². The van der Waals surface area contributed by atoms with Gasteiger partial charge in [-0.15, -0.1) is 0 Å². The second kappa shape index (κ2) is 4.25. The van der Waals surface area contributed by atoms with Gasteiger partial charge in [-0.25, -0.2) is 4.68 Å². The molecule has 2 N–H and O–H groups in total. The van der Waals surface area contributed by atoms with Gasteiger partial charge >= 0.3 is 0 Å². The van der Waals surface area contributed by atoms with E-state index in [1.165, 1.54) is 0 Å². The Morgan fingerprint density at radius 1 is 1.38 bits per heavy atom. The summed E-state index contributed by atoms with van der Waals surface area (Å²) in [5.74, 6) is 0.639. The van der Waals surface area contributed by atoms with Gasteiger partial charge in [0.25, 0.3) is 0 Å². The molecule has 16 heavy (non-hydrogen) atoms. The first-order valence-corrected chi connectivity index (χ1v) is 5.77. The van der Waals surface area contributed by atoms with Crippen LogP contribution in [0.25, 0.3) is 0 Å². The number of anilines is 1. The zero-order chi connectivity index (χ0) is 11.7. The standard InChI is InChI=1S/C11H13BrN4/c1-7-3-4-9(14-5-7)6-16-11(13)10(12)8(2)15-16/h3-5H,6,13H2,1-2H3. The minimum atomic E-state index is 0.596. The fourth-order valence-corrected chi connectivity index (χ4v) is 1.73. The molecule has 84 valence electrons. The van der Waals surface area contributed by atoms with Gasteiger partial charge in [0.1, 0.15) is 5.82 Å². The first-order chi connectivity index (χ1) is 7.58. The Morgan fingerprint density at radius 2 is 2.12 bits per heavy atom. The molecule has 0 saturated carbocycles. The van der Waals surface area contributed by atoms with E-state index in [-0.39, 0.29) is 0 Å². The molecule has 4 nitrogen and oxygen atoms in total. The monoisotopic (exact) mass is 280 g/mol. The summed E-state index contributed by atoms with van der Waals surface area (Å²) in [6.07, 6.45) is 1.84. The third kappa shape index (κ3) is 2.09. The van der Waals surface area contributed by atoms with Crippen molar-refractivity contribution in [1.82, 2.24) is 14.8 Å². The number of hydrogen-bond acceptors (Lipinski definition) is 3. The van der Waals surface area contributed by atoms with Crippen molar-refractivity contribution in [3.05, 3.63) is 39.8 Å². The highest BCUT2D eigenvalue weighted by Crippen LogP contribution is 2.23. The molecule has 2 aromatic heterocycles. The van der Waals surface area contributed by atoms with Gasteiger partial charge in [-0.2, -0.15) is 5.10 Å². The first-order valence-electron chi connectivity index (χ1n) is 4.98. The van der Waals surface area contributed by atoms with Crippen LogP contribution in [-0.4, -0.2) is 14.8 Å². The quantitative estimate of drug-likeness (QED) is 0.918. The Morgan fingerprint density at radius 3 is 2.62 bits per heavy atom. The zero-order valence-corrected chi connectivity index (χ0v) is 10.8. The van der Waals surface area contributed by atoms with Crippen LogP contribution in [0.5, 0.6) is 0 Å². The predicted molar refractivity (Wildman–Crippen MR) is 67.2 cm³/mol. The van der Waals surface area contributed by atoms with E-state index in [2.05, 4.69) is 26.0 Å². The van der Waals surface area contributed by atoms with Crippen LogP contribution < -0.4 is 5.73 Å². The topological polar surface area (TPSA) is 56.7 Å². The van der Waals surface area contributed by atoms with Crippen LogP contribution in [0.4, 0.5) is 5.82 Å². The summed E-state index contributed by atoms with van der Waals surface area (Å²) in [7, 11) is 0. The molecule has 0 atom stereocenters. The van der Waals surface area contributed by atoms with Crippen LogP contribution in [0.2, 0.25) is 0 Å². The van der Waals surface area contributed by atoms with Gasteiger partial charge in [0.05, 0.1) is 22.4 Å². The molecule has 0 bridgehead atoms. The molecule has 2 rings (SSSR count). The van der Waals surface area contributed by atoms with Crippen LogP contribution in [0.15, 0.2) is 22.8 Å². The van der Waals surface area contributed by atoms with Crippen molar-refractivity contribution in [1.29, 1.82) is 0 Å². The SMILES string of the molecule is Cc1ccc(Cn2nc(C)c(Br)c2N)nc1. The summed E-state index contributed by atoms with van der Waals surface area (Å²) in [6, 6.07) is 4.02. The molecule has 0 aromatic carbocycles. The Kier molecular flexibility index (Phi) is 2.96. The molecule has 0 amide bonds. The number of rotatable bonds is 2. The molecular weight excluding hydrogens is 268 g/mol.